The first-order valence-corrected chi connectivity index (χ1v) is 9.61. The monoisotopic (exact) mass is 396 g/mol. The highest BCUT2D eigenvalue weighted by atomic mass is 16.1. The summed E-state index contributed by atoms with van der Waals surface area (Å²) in [6.45, 7) is 0.457. The maximum Gasteiger partial charge on any atom is 0.253 e. The molecule has 0 saturated carbocycles. The van der Waals surface area contributed by atoms with Gasteiger partial charge in [-0.1, -0.05) is 30.3 Å². The zero-order valence-electron chi connectivity index (χ0n) is 16.4. The first kappa shape index (κ1) is 17.9. The molecule has 0 unspecified atom stereocenters. The number of pyridine rings is 1. The molecule has 0 aliphatic carbocycles. The molecule has 3 heterocycles. The van der Waals surface area contributed by atoms with E-state index in [1.54, 1.807) is 17.1 Å². The van der Waals surface area contributed by atoms with Crippen LogP contribution in [0.2, 0.25) is 0 Å². The summed E-state index contributed by atoms with van der Waals surface area (Å²) in [5, 5.41) is 9.24. The number of carbonyl (C=O) groups excluding carboxylic acids is 1. The Morgan fingerprint density at radius 2 is 2.00 bits per heavy atom. The predicted octanol–water partition coefficient (Wildman–Crippen LogP) is 3.63. The molecule has 0 radical (unpaired) electrons. The fourth-order valence-corrected chi connectivity index (χ4v) is 3.80. The van der Waals surface area contributed by atoms with E-state index in [1.807, 2.05) is 61.8 Å². The summed E-state index contributed by atoms with van der Waals surface area (Å²) in [6, 6.07) is 15.6. The average Bonchev–Trinajstić information content (AvgIpc) is 3.35. The topological polar surface area (TPSA) is 102 Å². The van der Waals surface area contributed by atoms with Gasteiger partial charge >= 0.3 is 0 Å². The second-order valence-electron chi connectivity index (χ2n) is 7.26. The van der Waals surface area contributed by atoms with E-state index in [0.29, 0.717) is 17.9 Å². The van der Waals surface area contributed by atoms with Crippen LogP contribution in [-0.4, -0.2) is 25.7 Å². The molecule has 0 saturated heterocycles. The second-order valence-corrected chi connectivity index (χ2v) is 7.26. The Bertz CT molecular complexity index is 1380. The second kappa shape index (κ2) is 7.04. The van der Waals surface area contributed by atoms with Crippen molar-refractivity contribution in [2.75, 3.05) is 5.73 Å². The third kappa shape index (κ3) is 3.06. The number of aromatic amines is 1. The van der Waals surface area contributed by atoms with Crippen molar-refractivity contribution in [2.24, 2.45) is 7.05 Å². The number of H-pyrrole nitrogens is 1. The van der Waals surface area contributed by atoms with Gasteiger partial charge in [-0.2, -0.15) is 5.10 Å². The number of hydrogen-bond acceptors (Lipinski definition) is 4. The Morgan fingerprint density at radius 1 is 1.17 bits per heavy atom. The van der Waals surface area contributed by atoms with Gasteiger partial charge in [0.2, 0.25) is 0 Å². The van der Waals surface area contributed by atoms with Crippen LogP contribution in [0.5, 0.6) is 0 Å². The summed E-state index contributed by atoms with van der Waals surface area (Å²) in [7, 11) is 1.84. The molecule has 2 aromatic carbocycles. The molecule has 0 atom stereocenters. The van der Waals surface area contributed by atoms with Crippen molar-refractivity contribution in [3.05, 3.63) is 78.2 Å². The number of anilines is 1. The Kier molecular flexibility index (Phi) is 4.21. The molecule has 0 spiro atoms. The summed E-state index contributed by atoms with van der Waals surface area (Å²) in [5.74, 6) is 0.307. The maximum atomic E-state index is 13.1. The number of aromatic nitrogens is 4. The Hall–Kier alpha value is -4.13. The predicted molar refractivity (Wildman–Crippen MR) is 118 cm³/mol. The smallest absolute Gasteiger partial charge is 0.253 e. The van der Waals surface area contributed by atoms with Crippen molar-refractivity contribution in [3.63, 3.8) is 0 Å². The minimum absolute atomic E-state index is 0.143. The van der Waals surface area contributed by atoms with E-state index in [-0.39, 0.29) is 5.91 Å². The molecule has 148 valence electrons. The van der Waals surface area contributed by atoms with Crippen LogP contribution in [0.25, 0.3) is 32.9 Å². The molecular formula is C23H20N6O. The van der Waals surface area contributed by atoms with Gasteiger partial charge in [-0.15, -0.1) is 0 Å². The summed E-state index contributed by atoms with van der Waals surface area (Å²) in [5.41, 5.74) is 11.1. The standard InChI is InChI=1S/C23H20N6O/c1-29-22-16(11-28-29)7-15(19-12-25-20-13-26-21(24)9-17(19)20)8-18(22)23(30)27-10-14-5-3-2-4-6-14/h2-9,11-13,25H,10H2,1H3,(H2,24,26)(H,27,30). The van der Waals surface area contributed by atoms with Crippen LogP contribution in [-0.2, 0) is 13.6 Å². The number of nitrogens with zero attached hydrogens (tertiary/aromatic N) is 3. The Labute approximate surface area is 172 Å². The van der Waals surface area contributed by atoms with E-state index < -0.39 is 0 Å². The van der Waals surface area contributed by atoms with Gasteiger partial charge in [0, 0.05) is 36.1 Å². The number of aryl methyl sites for hydroxylation is 1. The average molecular weight is 396 g/mol. The normalized spacial score (nSPS) is 11.2. The van der Waals surface area contributed by atoms with Crippen LogP contribution in [0.3, 0.4) is 0 Å². The molecule has 0 bridgehead atoms. The van der Waals surface area contributed by atoms with Gasteiger partial charge in [0.05, 0.1) is 29.0 Å². The quantitative estimate of drug-likeness (QED) is 0.432. The van der Waals surface area contributed by atoms with Gasteiger partial charge in [-0.25, -0.2) is 4.98 Å². The molecule has 0 aliphatic heterocycles. The lowest BCUT2D eigenvalue weighted by Crippen LogP contribution is -2.23. The Balaban J connectivity index is 1.59. The largest absolute Gasteiger partial charge is 0.384 e. The van der Waals surface area contributed by atoms with E-state index >= 15 is 0 Å². The van der Waals surface area contributed by atoms with Crippen molar-refractivity contribution in [1.82, 2.24) is 25.1 Å². The van der Waals surface area contributed by atoms with E-state index in [9.17, 15) is 4.79 Å². The number of rotatable bonds is 4. The molecule has 1 amide bonds. The third-order valence-corrected chi connectivity index (χ3v) is 5.27. The first-order chi connectivity index (χ1) is 14.6. The van der Waals surface area contributed by atoms with E-state index in [0.717, 1.165) is 38.5 Å². The lowest BCUT2D eigenvalue weighted by Gasteiger charge is -2.10. The fraction of sp³-hybridized carbons (Fsp3) is 0.0870. The maximum absolute atomic E-state index is 13.1. The zero-order chi connectivity index (χ0) is 20.7. The van der Waals surface area contributed by atoms with Gasteiger partial charge < -0.3 is 16.0 Å². The highest BCUT2D eigenvalue weighted by molar-refractivity contribution is 6.09. The SMILES string of the molecule is Cn1ncc2cc(-c3c[nH]c4cnc(N)cc34)cc(C(=O)NCc3ccccc3)c21. The molecular weight excluding hydrogens is 376 g/mol. The number of fused-ring (bicyclic) bond motifs is 2. The fourth-order valence-electron chi connectivity index (χ4n) is 3.80. The molecule has 5 aromatic rings. The van der Waals surface area contributed by atoms with Gasteiger partial charge in [0.1, 0.15) is 5.82 Å². The summed E-state index contributed by atoms with van der Waals surface area (Å²) in [4.78, 5) is 20.5. The van der Waals surface area contributed by atoms with Crippen molar-refractivity contribution in [1.29, 1.82) is 0 Å². The van der Waals surface area contributed by atoms with Crippen LogP contribution in [0.15, 0.2) is 67.1 Å². The number of carbonyl (C=O) groups is 1. The molecule has 7 heteroatoms. The summed E-state index contributed by atoms with van der Waals surface area (Å²) < 4.78 is 1.73. The third-order valence-electron chi connectivity index (χ3n) is 5.27. The molecule has 4 N–H and O–H groups in total. The number of nitrogen functional groups attached to an aromatic ring is 1. The van der Waals surface area contributed by atoms with Crippen molar-refractivity contribution < 1.29 is 4.79 Å². The molecule has 0 aliphatic rings. The number of benzene rings is 2. The van der Waals surface area contributed by atoms with Gasteiger partial charge in [-0.05, 0) is 29.3 Å². The van der Waals surface area contributed by atoms with Gasteiger partial charge in [0.15, 0.2) is 0 Å². The van der Waals surface area contributed by atoms with Gasteiger partial charge in [0.25, 0.3) is 5.91 Å². The Morgan fingerprint density at radius 3 is 2.83 bits per heavy atom. The number of nitrogens with two attached hydrogens (primary N) is 1. The number of amides is 1. The minimum Gasteiger partial charge on any atom is -0.384 e. The molecule has 7 nitrogen and oxygen atoms in total. The summed E-state index contributed by atoms with van der Waals surface area (Å²) >= 11 is 0. The number of nitrogens with one attached hydrogen (secondary N) is 2. The van der Waals surface area contributed by atoms with Gasteiger partial charge in [-0.3, -0.25) is 9.48 Å². The van der Waals surface area contributed by atoms with E-state index in [2.05, 4.69) is 20.4 Å². The van der Waals surface area contributed by atoms with Crippen LogP contribution in [0, 0.1) is 0 Å². The minimum atomic E-state index is -0.143. The molecule has 3 aromatic heterocycles. The molecule has 5 rings (SSSR count). The van der Waals surface area contributed by atoms with E-state index in [4.69, 9.17) is 5.73 Å². The van der Waals surface area contributed by atoms with Crippen LogP contribution in [0.1, 0.15) is 15.9 Å². The van der Waals surface area contributed by atoms with E-state index in [1.165, 1.54) is 0 Å². The zero-order valence-corrected chi connectivity index (χ0v) is 16.4. The van der Waals surface area contributed by atoms with Crippen molar-refractivity contribution >= 4 is 33.5 Å². The lowest BCUT2D eigenvalue weighted by atomic mass is 9.99. The highest BCUT2D eigenvalue weighted by Crippen LogP contribution is 2.33. The van der Waals surface area contributed by atoms with Crippen LogP contribution < -0.4 is 11.1 Å². The number of hydrogen-bond donors (Lipinski definition) is 3. The van der Waals surface area contributed by atoms with Crippen molar-refractivity contribution in [3.8, 4) is 11.1 Å². The summed E-state index contributed by atoms with van der Waals surface area (Å²) in [6.07, 6.45) is 5.40. The van der Waals surface area contributed by atoms with Crippen LogP contribution in [0.4, 0.5) is 5.82 Å². The van der Waals surface area contributed by atoms with Crippen LogP contribution >= 0.6 is 0 Å². The lowest BCUT2D eigenvalue weighted by molar-refractivity contribution is 0.0952. The highest BCUT2D eigenvalue weighted by Gasteiger charge is 2.17. The first-order valence-electron chi connectivity index (χ1n) is 9.61. The molecule has 0 fully saturated rings. The molecule has 30 heavy (non-hydrogen) atoms. The van der Waals surface area contributed by atoms with Crippen molar-refractivity contribution in [2.45, 2.75) is 6.54 Å².